The number of carbonyl (C=O) groups excluding carboxylic acids is 1. The third kappa shape index (κ3) is 3.22. The van der Waals surface area contributed by atoms with Crippen LogP contribution in [-0.2, 0) is 14.6 Å². The van der Waals surface area contributed by atoms with Crippen molar-refractivity contribution in [3.63, 3.8) is 0 Å². The summed E-state index contributed by atoms with van der Waals surface area (Å²) < 4.78 is 22.1. The number of nitrogens with one attached hydrogen (secondary N) is 1. The van der Waals surface area contributed by atoms with Crippen LogP contribution in [0.5, 0.6) is 0 Å². The zero-order valence-electron chi connectivity index (χ0n) is 7.52. The number of amides is 1. The van der Waals surface area contributed by atoms with Gasteiger partial charge >= 0.3 is 0 Å². The van der Waals surface area contributed by atoms with E-state index in [1.165, 1.54) is 0 Å². The van der Waals surface area contributed by atoms with Crippen LogP contribution in [0.2, 0.25) is 0 Å². The molecule has 1 aliphatic heterocycles. The van der Waals surface area contributed by atoms with Gasteiger partial charge in [0, 0.05) is 0 Å². The molecule has 1 rings (SSSR count). The number of hydrogen-bond donors (Lipinski definition) is 2. The lowest BCUT2D eigenvalue weighted by Crippen LogP contribution is -2.36. The summed E-state index contributed by atoms with van der Waals surface area (Å²) in [7, 11) is -3.00. The van der Waals surface area contributed by atoms with E-state index in [1.54, 1.807) is 0 Å². The van der Waals surface area contributed by atoms with Crippen LogP contribution in [0.3, 0.4) is 0 Å². The first-order valence-corrected chi connectivity index (χ1v) is 6.40. The minimum atomic E-state index is -3.00. The van der Waals surface area contributed by atoms with E-state index in [4.69, 9.17) is 5.73 Å². The standard InChI is InChI=1S/C7H12N2O3S2/c8-6(13)3-9-7(10)5-1-2-14(11,12)4-5/h5H,1-4H2,(H2,8,13)(H,9,10). The van der Waals surface area contributed by atoms with Gasteiger partial charge in [0.25, 0.3) is 0 Å². The lowest BCUT2D eigenvalue weighted by atomic mass is 10.1. The van der Waals surface area contributed by atoms with Crippen LogP contribution in [0.4, 0.5) is 0 Å². The molecule has 0 aromatic heterocycles. The summed E-state index contributed by atoms with van der Waals surface area (Å²) in [4.78, 5) is 11.5. The Morgan fingerprint density at radius 3 is 2.64 bits per heavy atom. The normalized spacial score (nSPS) is 24.4. The van der Waals surface area contributed by atoms with Gasteiger partial charge in [-0.2, -0.15) is 0 Å². The lowest BCUT2D eigenvalue weighted by Gasteiger charge is -2.07. The zero-order valence-corrected chi connectivity index (χ0v) is 9.16. The molecule has 14 heavy (non-hydrogen) atoms. The van der Waals surface area contributed by atoms with Gasteiger partial charge in [0.05, 0.1) is 29.0 Å². The fourth-order valence-corrected chi connectivity index (χ4v) is 3.13. The third-order valence-corrected chi connectivity index (χ3v) is 3.95. The molecule has 1 heterocycles. The van der Waals surface area contributed by atoms with Gasteiger partial charge in [-0.1, -0.05) is 12.2 Å². The number of hydrogen-bond acceptors (Lipinski definition) is 4. The van der Waals surface area contributed by atoms with Gasteiger partial charge in [0.2, 0.25) is 5.91 Å². The van der Waals surface area contributed by atoms with Crippen molar-refractivity contribution >= 4 is 33.0 Å². The molecular weight excluding hydrogens is 224 g/mol. The second kappa shape index (κ2) is 4.22. The average Bonchev–Trinajstić information content (AvgIpc) is 2.41. The molecule has 0 spiro atoms. The molecule has 1 fully saturated rings. The van der Waals surface area contributed by atoms with Crippen molar-refractivity contribution in [1.82, 2.24) is 5.32 Å². The Kier molecular flexibility index (Phi) is 3.43. The van der Waals surface area contributed by atoms with Crippen LogP contribution in [0.1, 0.15) is 6.42 Å². The van der Waals surface area contributed by atoms with E-state index >= 15 is 0 Å². The topological polar surface area (TPSA) is 89.3 Å². The molecule has 7 heteroatoms. The van der Waals surface area contributed by atoms with Crippen LogP contribution in [-0.4, -0.2) is 37.4 Å². The highest BCUT2D eigenvalue weighted by atomic mass is 32.2. The Morgan fingerprint density at radius 2 is 2.21 bits per heavy atom. The highest BCUT2D eigenvalue weighted by Gasteiger charge is 2.32. The van der Waals surface area contributed by atoms with E-state index < -0.39 is 15.8 Å². The molecule has 1 atom stereocenters. The van der Waals surface area contributed by atoms with Crippen molar-refractivity contribution in [2.75, 3.05) is 18.1 Å². The van der Waals surface area contributed by atoms with E-state index in [9.17, 15) is 13.2 Å². The van der Waals surface area contributed by atoms with Crippen LogP contribution >= 0.6 is 12.2 Å². The molecule has 0 aromatic carbocycles. The monoisotopic (exact) mass is 236 g/mol. The van der Waals surface area contributed by atoms with Crippen LogP contribution in [0.25, 0.3) is 0 Å². The molecule has 0 radical (unpaired) electrons. The highest BCUT2D eigenvalue weighted by Crippen LogP contribution is 2.18. The van der Waals surface area contributed by atoms with Gasteiger partial charge in [-0.25, -0.2) is 8.42 Å². The fourth-order valence-electron chi connectivity index (χ4n) is 1.32. The minimum absolute atomic E-state index is 0.0594. The zero-order chi connectivity index (χ0) is 10.8. The summed E-state index contributed by atoms with van der Waals surface area (Å²) in [6.45, 7) is 0.130. The SMILES string of the molecule is NC(=S)CNC(=O)C1CCS(=O)(=O)C1. The molecule has 1 aliphatic rings. The maximum atomic E-state index is 11.3. The first kappa shape index (κ1) is 11.4. The van der Waals surface area contributed by atoms with Gasteiger partial charge < -0.3 is 11.1 Å². The number of nitrogens with two attached hydrogens (primary N) is 1. The summed E-state index contributed by atoms with van der Waals surface area (Å²) in [6, 6.07) is 0. The molecule has 1 unspecified atom stereocenters. The predicted octanol–water partition coefficient (Wildman–Crippen LogP) is -1.18. The number of carbonyl (C=O) groups is 1. The minimum Gasteiger partial charge on any atom is -0.392 e. The van der Waals surface area contributed by atoms with E-state index in [-0.39, 0.29) is 28.9 Å². The predicted molar refractivity (Wildman–Crippen MR) is 56.6 cm³/mol. The molecule has 5 nitrogen and oxygen atoms in total. The molecule has 3 N–H and O–H groups in total. The molecule has 1 saturated heterocycles. The van der Waals surface area contributed by atoms with Gasteiger partial charge in [-0.15, -0.1) is 0 Å². The molecule has 0 aliphatic carbocycles. The first-order valence-electron chi connectivity index (χ1n) is 4.17. The molecule has 1 amide bonds. The van der Waals surface area contributed by atoms with Crippen molar-refractivity contribution in [3.05, 3.63) is 0 Å². The van der Waals surface area contributed by atoms with Crippen molar-refractivity contribution in [2.45, 2.75) is 6.42 Å². The van der Waals surface area contributed by atoms with E-state index in [0.717, 1.165) is 0 Å². The smallest absolute Gasteiger partial charge is 0.224 e. The van der Waals surface area contributed by atoms with Crippen LogP contribution in [0, 0.1) is 5.92 Å². The molecule has 80 valence electrons. The molecular formula is C7H12N2O3S2. The third-order valence-electron chi connectivity index (χ3n) is 2.04. The van der Waals surface area contributed by atoms with Crippen molar-refractivity contribution < 1.29 is 13.2 Å². The Balaban J connectivity index is 2.44. The van der Waals surface area contributed by atoms with Crippen molar-refractivity contribution in [3.8, 4) is 0 Å². The second-order valence-corrected chi connectivity index (χ2v) is 6.04. The summed E-state index contributed by atoms with van der Waals surface area (Å²) in [5, 5.41) is 2.49. The van der Waals surface area contributed by atoms with Gasteiger partial charge in [0.1, 0.15) is 0 Å². The number of rotatable bonds is 3. The summed E-state index contributed by atoms with van der Waals surface area (Å²) in [6.07, 6.45) is 0.394. The Labute approximate surface area is 88.0 Å². The fraction of sp³-hybridized carbons (Fsp3) is 0.714. The summed E-state index contributed by atoms with van der Waals surface area (Å²) >= 11 is 4.58. The van der Waals surface area contributed by atoms with E-state index in [0.29, 0.717) is 6.42 Å². The largest absolute Gasteiger partial charge is 0.392 e. The number of sulfone groups is 1. The summed E-state index contributed by atoms with van der Waals surface area (Å²) in [5.41, 5.74) is 5.19. The summed E-state index contributed by atoms with van der Waals surface area (Å²) in [5.74, 6) is -0.679. The van der Waals surface area contributed by atoms with Crippen LogP contribution in [0.15, 0.2) is 0 Å². The maximum absolute atomic E-state index is 11.3. The molecule has 0 aromatic rings. The van der Waals surface area contributed by atoms with Crippen LogP contribution < -0.4 is 11.1 Å². The van der Waals surface area contributed by atoms with Gasteiger partial charge in [0.15, 0.2) is 9.84 Å². The van der Waals surface area contributed by atoms with Gasteiger partial charge in [-0.05, 0) is 6.42 Å². The Hall–Kier alpha value is -0.690. The van der Waals surface area contributed by atoms with Gasteiger partial charge in [-0.3, -0.25) is 4.79 Å². The second-order valence-electron chi connectivity index (χ2n) is 3.28. The van der Waals surface area contributed by atoms with E-state index in [1.807, 2.05) is 0 Å². The molecule has 0 saturated carbocycles. The van der Waals surface area contributed by atoms with E-state index in [2.05, 4.69) is 17.5 Å². The highest BCUT2D eigenvalue weighted by molar-refractivity contribution is 7.91. The average molecular weight is 236 g/mol. The Morgan fingerprint density at radius 1 is 1.57 bits per heavy atom. The quantitative estimate of drug-likeness (QED) is 0.602. The van der Waals surface area contributed by atoms with Crippen molar-refractivity contribution in [2.24, 2.45) is 11.7 Å². The molecule has 0 bridgehead atoms. The number of thiocarbonyl (C=S) groups is 1. The Bertz CT molecular complexity index is 350. The maximum Gasteiger partial charge on any atom is 0.224 e. The first-order chi connectivity index (χ1) is 6.41. The lowest BCUT2D eigenvalue weighted by molar-refractivity contribution is -0.123. The van der Waals surface area contributed by atoms with Crippen molar-refractivity contribution in [1.29, 1.82) is 0 Å².